The molecule has 0 spiro atoms. The van der Waals surface area contributed by atoms with Crippen LogP contribution in [-0.4, -0.2) is 87.2 Å². The van der Waals surface area contributed by atoms with Gasteiger partial charge in [0.1, 0.15) is 5.82 Å². The van der Waals surface area contributed by atoms with Crippen LogP contribution in [0.3, 0.4) is 0 Å². The van der Waals surface area contributed by atoms with Crippen LogP contribution in [-0.2, 0) is 20.0 Å². The molecule has 0 aliphatic heterocycles. The summed E-state index contributed by atoms with van der Waals surface area (Å²) in [4.78, 5) is 9.12. The van der Waals surface area contributed by atoms with E-state index in [9.17, 15) is 16.8 Å². The highest BCUT2D eigenvalue weighted by Crippen LogP contribution is 2.21. The molecule has 0 aliphatic carbocycles. The molecular formula is C20H34N6O4S2. The number of hydrogen-bond donors (Lipinski definition) is 2. The number of sulfonamides is 2. The van der Waals surface area contributed by atoms with Gasteiger partial charge >= 0.3 is 0 Å². The summed E-state index contributed by atoms with van der Waals surface area (Å²) >= 11 is 0. The van der Waals surface area contributed by atoms with E-state index >= 15 is 0 Å². The van der Waals surface area contributed by atoms with E-state index in [-0.39, 0.29) is 0 Å². The lowest BCUT2D eigenvalue weighted by Gasteiger charge is -2.18. The van der Waals surface area contributed by atoms with Crippen molar-refractivity contribution in [3.05, 3.63) is 24.3 Å². The van der Waals surface area contributed by atoms with Gasteiger partial charge in [-0.3, -0.25) is 0 Å². The molecule has 180 valence electrons. The molecule has 0 atom stereocenters. The molecule has 0 saturated carbocycles. The molecular weight excluding hydrogens is 452 g/mol. The zero-order valence-corrected chi connectivity index (χ0v) is 20.8. The maximum absolute atomic E-state index is 11.7. The third kappa shape index (κ3) is 7.84. The van der Waals surface area contributed by atoms with Gasteiger partial charge in [0.15, 0.2) is 0 Å². The van der Waals surface area contributed by atoms with E-state index in [1.807, 2.05) is 38.1 Å². The Balaban J connectivity index is 2.01. The zero-order chi connectivity index (χ0) is 23.8. The molecule has 2 aromatic rings. The van der Waals surface area contributed by atoms with Crippen LogP contribution in [0.25, 0.3) is 10.9 Å². The molecule has 1 aromatic heterocycles. The molecule has 1 aromatic carbocycles. The second kappa shape index (κ2) is 11.7. The predicted molar refractivity (Wildman–Crippen MR) is 130 cm³/mol. The average molecular weight is 487 g/mol. The molecule has 0 fully saturated rings. The highest BCUT2D eigenvalue weighted by Gasteiger charge is 2.15. The van der Waals surface area contributed by atoms with E-state index in [1.165, 1.54) is 21.1 Å². The molecule has 0 amide bonds. The molecule has 10 nitrogen and oxygen atoms in total. The Hall–Kier alpha value is -2.02. The summed E-state index contributed by atoms with van der Waals surface area (Å²) in [6, 6.07) is 7.65. The van der Waals surface area contributed by atoms with E-state index in [2.05, 4.69) is 20.6 Å². The minimum absolute atomic E-state index is 0.426. The Morgan fingerprint density at radius 3 is 1.88 bits per heavy atom. The summed E-state index contributed by atoms with van der Waals surface area (Å²) in [5.41, 5.74) is 0.783. The van der Waals surface area contributed by atoms with Gasteiger partial charge in [0.25, 0.3) is 0 Å². The lowest BCUT2D eigenvalue weighted by molar-refractivity contribution is 0.428. The minimum Gasteiger partial charge on any atom is -0.369 e. The number of benzene rings is 1. The molecule has 1 heterocycles. The van der Waals surface area contributed by atoms with Gasteiger partial charge in [-0.25, -0.2) is 30.4 Å². The van der Waals surface area contributed by atoms with Crippen LogP contribution in [0, 0.1) is 0 Å². The number of para-hydroxylation sites is 1. The topological polar surface area (TPSA) is 125 Å². The quantitative estimate of drug-likeness (QED) is 0.387. The van der Waals surface area contributed by atoms with Crippen molar-refractivity contribution >= 4 is 42.7 Å². The second-order valence-corrected chi connectivity index (χ2v) is 11.4. The highest BCUT2D eigenvalue weighted by molar-refractivity contribution is 7.88. The third-order valence-corrected chi connectivity index (χ3v) is 7.75. The summed E-state index contributed by atoms with van der Waals surface area (Å²) < 4.78 is 49.7. The van der Waals surface area contributed by atoms with Crippen LogP contribution >= 0.6 is 0 Å². The summed E-state index contributed by atoms with van der Waals surface area (Å²) in [6.07, 6.45) is 3.69. The van der Waals surface area contributed by atoms with Crippen molar-refractivity contribution in [2.45, 2.75) is 26.7 Å². The molecule has 0 radical (unpaired) electrons. The van der Waals surface area contributed by atoms with Gasteiger partial charge in [-0.2, -0.15) is 4.98 Å². The van der Waals surface area contributed by atoms with Crippen molar-refractivity contribution in [2.24, 2.45) is 0 Å². The summed E-state index contributed by atoms with van der Waals surface area (Å²) in [5.74, 6) is 1.13. The van der Waals surface area contributed by atoms with Crippen LogP contribution < -0.4 is 10.6 Å². The van der Waals surface area contributed by atoms with Crippen LogP contribution in [0.4, 0.5) is 11.8 Å². The van der Waals surface area contributed by atoms with Crippen molar-refractivity contribution in [2.75, 3.05) is 62.4 Å². The lowest BCUT2D eigenvalue weighted by Crippen LogP contribution is -2.31. The summed E-state index contributed by atoms with van der Waals surface area (Å²) in [7, 11) is -6.41. The first-order valence-corrected chi connectivity index (χ1v) is 14.4. The predicted octanol–water partition coefficient (Wildman–Crippen LogP) is 1.80. The maximum Gasteiger partial charge on any atom is 0.225 e. The fourth-order valence-electron chi connectivity index (χ4n) is 3.33. The Labute approximate surface area is 191 Å². The largest absolute Gasteiger partial charge is 0.369 e. The molecule has 0 unspecified atom stereocenters. The maximum atomic E-state index is 11.7. The molecule has 32 heavy (non-hydrogen) atoms. The van der Waals surface area contributed by atoms with E-state index in [0.29, 0.717) is 63.9 Å². The van der Waals surface area contributed by atoms with E-state index < -0.39 is 20.0 Å². The van der Waals surface area contributed by atoms with Gasteiger partial charge in [0.2, 0.25) is 26.0 Å². The molecule has 2 rings (SSSR count). The fraction of sp³-hybridized carbons (Fsp3) is 0.600. The summed E-state index contributed by atoms with van der Waals surface area (Å²) in [6.45, 7) is 6.47. The monoisotopic (exact) mass is 486 g/mol. The van der Waals surface area contributed by atoms with Crippen LogP contribution in [0.1, 0.15) is 26.7 Å². The Morgan fingerprint density at radius 2 is 1.34 bits per heavy atom. The van der Waals surface area contributed by atoms with Crippen molar-refractivity contribution < 1.29 is 16.8 Å². The molecule has 0 bridgehead atoms. The lowest BCUT2D eigenvalue weighted by atomic mass is 10.2. The minimum atomic E-state index is -3.20. The normalized spacial score (nSPS) is 12.6. The van der Waals surface area contributed by atoms with Gasteiger partial charge < -0.3 is 10.6 Å². The van der Waals surface area contributed by atoms with E-state index in [1.54, 1.807) is 0 Å². The smallest absolute Gasteiger partial charge is 0.225 e. The third-order valence-electron chi connectivity index (χ3n) is 4.99. The number of fused-ring (bicyclic) bond motifs is 1. The fourth-order valence-corrected chi connectivity index (χ4v) is 5.18. The number of hydrogen-bond acceptors (Lipinski definition) is 8. The van der Waals surface area contributed by atoms with E-state index in [4.69, 9.17) is 0 Å². The summed E-state index contributed by atoms with van der Waals surface area (Å²) in [5, 5.41) is 7.35. The Kier molecular flexibility index (Phi) is 9.62. The molecule has 2 N–H and O–H groups in total. The van der Waals surface area contributed by atoms with Crippen molar-refractivity contribution in [1.29, 1.82) is 0 Å². The Morgan fingerprint density at radius 1 is 0.812 bits per heavy atom. The number of nitrogens with zero attached hydrogens (tertiary/aromatic N) is 4. The van der Waals surface area contributed by atoms with Gasteiger partial charge in [-0.15, -0.1) is 0 Å². The first-order valence-electron chi connectivity index (χ1n) is 10.7. The molecule has 12 heteroatoms. The highest BCUT2D eigenvalue weighted by atomic mass is 32.2. The first kappa shape index (κ1) is 26.2. The van der Waals surface area contributed by atoms with Crippen molar-refractivity contribution in [3.63, 3.8) is 0 Å². The van der Waals surface area contributed by atoms with E-state index in [0.717, 1.165) is 10.9 Å². The van der Waals surface area contributed by atoms with Gasteiger partial charge in [0, 0.05) is 44.7 Å². The zero-order valence-electron chi connectivity index (χ0n) is 19.2. The average Bonchev–Trinajstić information content (AvgIpc) is 2.71. The Bertz CT molecular complexity index is 1090. The molecule has 0 aliphatic rings. The number of rotatable bonds is 14. The van der Waals surface area contributed by atoms with Crippen molar-refractivity contribution in [1.82, 2.24) is 18.6 Å². The number of aromatic nitrogens is 2. The van der Waals surface area contributed by atoms with Gasteiger partial charge in [-0.05, 0) is 25.0 Å². The number of anilines is 2. The number of nitrogens with one attached hydrogen (secondary N) is 2. The van der Waals surface area contributed by atoms with Crippen LogP contribution in [0.5, 0.6) is 0 Å². The van der Waals surface area contributed by atoms with Gasteiger partial charge in [-0.1, -0.05) is 26.0 Å². The second-order valence-electron chi connectivity index (χ2n) is 7.48. The molecule has 0 saturated heterocycles. The van der Waals surface area contributed by atoms with Crippen LogP contribution in [0.15, 0.2) is 24.3 Å². The SMILES string of the molecule is CCN(CCCNc1nc(NCCCN(CC)S(C)(=O)=O)c2ccccc2n1)S(C)(=O)=O. The van der Waals surface area contributed by atoms with Crippen LogP contribution in [0.2, 0.25) is 0 Å². The van der Waals surface area contributed by atoms with Gasteiger partial charge in [0.05, 0.1) is 18.0 Å². The van der Waals surface area contributed by atoms with Crippen molar-refractivity contribution in [3.8, 4) is 0 Å². The standard InChI is InChI=1S/C20H34N6O4S2/c1-5-25(31(3,27)28)15-9-13-21-19-17-11-7-8-12-18(17)23-20(24-19)22-14-10-16-26(6-2)32(4,29)30/h7-8,11-12H,5-6,9-10,13-16H2,1-4H3,(H2,21,22,23,24). The first-order chi connectivity index (χ1) is 15.1.